The molecule has 0 saturated carbocycles. The second kappa shape index (κ2) is 12.0. The summed E-state index contributed by atoms with van der Waals surface area (Å²) < 4.78 is 11.1. The summed E-state index contributed by atoms with van der Waals surface area (Å²) in [6.45, 7) is 5.41. The van der Waals surface area contributed by atoms with Crippen LogP contribution in [0.2, 0.25) is 5.02 Å². The van der Waals surface area contributed by atoms with Gasteiger partial charge in [0.25, 0.3) is 5.91 Å². The normalized spacial score (nSPS) is 19.2. The van der Waals surface area contributed by atoms with Crippen LogP contribution in [-0.2, 0) is 40.7 Å². The van der Waals surface area contributed by atoms with E-state index < -0.39 is 23.4 Å². The molecule has 1 amide bonds. The van der Waals surface area contributed by atoms with Crippen LogP contribution in [-0.4, -0.2) is 36.8 Å². The molecule has 2 heterocycles. The second-order valence-corrected chi connectivity index (χ2v) is 11.6. The molecule has 45 heavy (non-hydrogen) atoms. The first-order valence-electron chi connectivity index (χ1n) is 15.1. The van der Waals surface area contributed by atoms with Gasteiger partial charge in [-0.25, -0.2) is 9.59 Å². The van der Waals surface area contributed by atoms with Crippen LogP contribution in [0.15, 0.2) is 95.2 Å². The Kier molecular flexibility index (Phi) is 8.10. The zero-order valence-corrected chi connectivity index (χ0v) is 26.1. The lowest BCUT2D eigenvalue weighted by Gasteiger charge is -2.48. The molecule has 0 radical (unpaired) electrons. The van der Waals surface area contributed by atoms with E-state index in [1.807, 2.05) is 55.5 Å². The van der Waals surface area contributed by atoms with Gasteiger partial charge in [-0.05, 0) is 69.5 Å². The summed E-state index contributed by atoms with van der Waals surface area (Å²) in [6, 6.07) is 22.1. The van der Waals surface area contributed by atoms with Gasteiger partial charge in [-0.15, -0.1) is 0 Å². The van der Waals surface area contributed by atoms with Gasteiger partial charge in [-0.2, -0.15) is 0 Å². The lowest BCUT2D eigenvalue weighted by molar-refractivity contribution is -0.143. The molecule has 1 spiro atoms. The van der Waals surface area contributed by atoms with Gasteiger partial charge >= 0.3 is 11.9 Å². The summed E-state index contributed by atoms with van der Waals surface area (Å²) >= 11 is 6.32. The van der Waals surface area contributed by atoms with Crippen LogP contribution in [0, 0.1) is 6.92 Å². The number of benzene rings is 3. The quantitative estimate of drug-likeness (QED) is 0.283. The molecule has 0 aromatic heterocycles. The zero-order valence-electron chi connectivity index (χ0n) is 25.4. The highest BCUT2D eigenvalue weighted by molar-refractivity contribution is 6.30. The lowest BCUT2D eigenvalue weighted by Crippen LogP contribution is -2.59. The molecular weight excluding hydrogens is 592 g/mol. The van der Waals surface area contributed by atoms with Crippen molar-refractivity contribution in [3.8, 4) is 0 Å². The van der Waals surface area contributed by atoms with Crippen LogP contribution in [0.4, 0.5) is 11.4 Å². The van der Waals surface area contributed by atoms with Crippen molar-refractivity contribution in [1.29, 1.82) is 0 Å². The number of amides is 1. The molecule has 0 N–H and O–H groups in total. The summed E-state index contributed by atoms with van der Waals surface area (Å²) in [5.74, 6) is -2.46. The number of halogens is 1. The lowest BCUT2D eigenvalue weighted by atomic mass is 9.71. The number of nitrogens with zero attached hydrogens (tertiary/aromatic N) is 2. The van der Waals surface area contributed by atoms with Crippen LogP contribution in [0.25, 0.3) is 0 Å². The summed E-state index contributed by atoms with van der Waals surface area (Å²) in [4.78, 5) is 61.0. The predicted molar refractivity (Wildman–Crippen MR) is 171 cm³/mol. The molecule has 6 rings (SSSR count). The minimum Gasteiger partial charge on any atom is -0.463 e. The van der Waals surface area contributed by atoms with Gasteiger partial charge in [0, 0.05) is 28.4 Å². The molecule has 230 valence electrons. The van der Waals surface area contributed by atoms with Gasteiger partial charge in [0.1, 0.15) is 0 Å². The van der Waals surface area contributed by atoms with Crippen molar-refractivity contribution in [2.45, 2.75) is 52.1 Å². The third-order valence-corrected chi connectivity index (χ3v) is 8.72. The fraction of sp³-hybridized carbons (Fsp3) is 0.278. The number of carbonyl (C=O) groups is 4. The highest BCUT2D eigenvalue weighted by Gasteiger charge is 2.64. The molecule has 0 bridgehead atoms. The molecular formula is C36H33ClN2O6. The van der Waals surface area contributed by atoms with Crippen LogP contribution >= 0.6 is 11.6 Å². The van der Waals surface area contributed by atoms with E-state index in [9.17, 15) is 14.4 Å². The molecule has 2 aliphatic heterocycles. The third-order valence-electron chi connectivity index (χ3n) is 8.47. The van der Waals surface area contributed by atoms with Gasteiger partial charge in [0.05, 0.1) is 42.2 Å². The van der Waals surface area contributed by atoms with Gasteiger partial charge in [-0.3, -0.25) is 9.59 Å². The Morgan fingerprint density at radius 3 is 2.27 bits per heavy atom. The Bertz CT molecular complexity index is 1780. The van der Waals surface area contributed by atoms with Crippen LogP contribution in [0.5, 0.6) is 0 Å². The smallest absolute Gasteiger partial charge is 0.339 e. The van der Waals surface area contributed by atoms with Crippen LogP contribution in [0.3, 0.4) is 0 Å². The van der Waals surface area contributed by atoms with E-state index in [0.717, 1.165) is 11.1 Å². The number of anilines is 2. The van der Waals surface area contributed by atoms with Crippen LogP contribution < -0.4 is 9.80 Å². The number of hydrogen-bond donors (Lipinski definition) is 0. The molecule has 0 fully saturated rings. The van der Waals surface area contributed by atoms with E-state index >= 15 is 4.79 Å². The van der Waals surface area contributed by atoms with Gasteiger partial charge in [0.15, 0.2) is 11.3 Å². The Hall–Kier alpha value is -4.69. The number of ether oxygens (including phenoxy) is 2. The van der Waals surface area contributed by atoms with Crippen molar-refractivity contribution in [3.63, 3.8) is 0 Å². The number of carbonyl (C=O) groups excluding carboxylic acids is 4. The minimum atomic E-state index is -1.89. The number of aryl methyl sites for hydroxylation is 1. The summed E-state index contributed by atoms with van der Waals surface area (Å²) in [6.07, 6.45) is 1.08. The number of Topliss-reactive ketones (excluding diaryl/α,β-unsaturated/α-hetero) is 1. The number of hydrogen-bond acceptors (Lipinski definition) is 7. The van der Waals surface area contributed by atoms with Crippen molar-refractivity contribution in [3.05, 3.63) is 117 Å². The Labute approximate surface area is 266 Å². The minimum absolute atomic E-state index is 0.00686. The Balaban J connectivity index is 1.77. The average molecular weight is 625 g/mol. The number of esters is 2. The van der Waals surface area contributed by atoms with E-state index in [0.29, 0.717) is 40.5 Å². The first-order chi connectivity index (χ1) is 21.7. The SMILES string of the molecule is CCOC(=O)C1=C(C(=O)OCC)C2(C(=O)N(Cc3ccccc3)c3ccc(C)cc32)N(c2ccc(Cl)cc2)C2=C1C(=O)CCC2. The van der Waals surface area contributed by atoms with Gasteiger partial charge in [-0.1, -0.05) is 59.6 Å². The monoisotopic (exact) mass is 624 g/mol. The zero-order chi connectivity index (χ0) is 31.9. The van der Waals surface area contributed by atoms with Crippen molar-refractivity contribution >= 4 is 46.6 Å². The largest absolute Gasteiger partial charge is 0.463 e. The molecule has 0 saturated heterocycles. The fourth-order valence-electron chi connectivity index (χ4n) is 6.73. The number of ketones is 1. The van der Waals surface area contributed by atoms with Gasteiger partial charge in [0.2, 0.25) is 0 Å². The van der Waals surface area contributed by atoms with E-state index in [4.69, 9.17) is 21.1 Å². The summed E-state index contributed by atoms with van der Waals surface area (Å²) in [5, 5.41) is 0.479. The van der Waals surface area contributed by atoms with Gasteiger partial charge < -0.3 is 19.3 Å². The highest BCUT2D eigenvalue weighted by atomic mass is 35.5. The van der Waals surface area contributed by atoms with Crippen LogP contribution in [0.1, 0.15) is 49.8 Å². The molecule has 3 aromatic carbocycles. The maximum Gasteiger partial charge on any atom is 0.339 e. The van der Waals surface area contributed by atoms with Crippen molar-refractivity contribution < 1.29 is 28.7 Å². The fourth-order valence-corrected chi connectivity index (χ4v) is 6.86. The van der Waals surface area contributed by atoms with Crippen molar-refractivity contribution in [2.24, 2.45) is 0 Å². The topological polar surface area (TPSA) is 93.2 Å². The summed E-state index contributed by atoms with van der Waals surface area (Å²) in [5.41, 5.74) is 1.60. The Morgan fingerprint density at radius 2 is 1.58 bits per heavy atom. The number of fused-ring (bicyclic) bond motifs is 2. The van der Waals surface area contributed by atoms with E-state index in [1.54, 1.807) is 47.9 Å². The number of allylic oxidation sites excluding steroid dienone is 1. The second-order valence-electron chi connectivity index (χ2n) is 11.2. The number of rotatable bonds is 7. The molecule has 1 unspecified atom stereocenters. The molecule has 9 heteroatoms. The van der Waals surface area contributed by atoms with E-state index in [1.165, 1.54) is 0 Å². The van der Waals surface area contributed by atoms with E-state index in [2.05, 4.69) is 0 Å². The van der Waals surface area contributed by atoms with Crippen molar-refractivity contribution in [2.75, 3.05) is 23.0 Å². The predicted octanol–water partition coefficient (Wildman–Crippen LogP) is 6.34. The standard InChI is InChI=1S/C36H33ClN2O6/c1-4-44-33(41)31-30-28(12-9-13-29(30)40)39(25-17-15-24(37)16-18-25)36(32(31)34(42)45-5-2)26-20-22(3)14-19-27(26)38(35(36)43)21-23-10-7-6-8-11-23/h6-8,10-11,14-20H,4-5,9,12-13,21H2,1-3H3. The molecule has 8 nitrogen and oxygen atoms in total. The highest BCUT2D eigenvalue weighted by Crippen LogP contribution is 2.57. The Morgan fingerprint density at radius 1 is 0.889 bits per heavy atom. The molecule has 3 aromatic rings. The molecule has 1 atom stereocenters. The maximum absolute atomic E-state index is 15.5. The first kappa shape index (κ1) is 30.3. The summed E-state index contributed by atoms with van der Waals surface area (Å²) in [7, 11) is 0. The average Bonchev–Trinajstić information content (AvgIpc) is 3.24. The van der Waals surface area contributed by atoms with E-state index in [-0.39, 0.29) is 48.7 Å². The molecule has 1 aliphatic carbocycles. The maximum atomic E-state index is 15.5. The molecule has 3 aliphatic rings. The van der Waals surface area contributed by atoms with Crippen molar-refractivity contribution in [1.82, 2.24) is 0 Å². The third kappa shape index (κ3) is 4.84. The first-order valence-corrected chi connectivity index (χ1v) is 15.5.